The lowest BCUT2D eigenvalue weighted by Crippen LogP contribution is -2.37. The van der Waals surface area contributed by atoms with Gasteiger partial charge in [0.25, 0.3) is 0 Å². The van der Waals surface area contributed by atoms with E-state index in [0.29, 0.717) is 0 Å². The summed E-state index contributed by atoms with van der Waals surface area (Å²) < 4.78 is 0. The summed E-state index contributed by atoms with van der Waals surface area (Å²) in [7, 11) is 0. The van der Waals surface area contributed by atoms with Crippen molar-refractivity contribution in [1.29, 1.82) is 0 Å². The summed E-state index contributed by atoms with van der Waals surface area (Å²) in [6, 6.07) is 3.61. The third-order valence-corrected chi connectivity index (χ3v) is 3.63. The molecule has 1 aromatic heterocycles. The highest BCUT2D eigenvalue weighted by Crippen LogP contribution is 2.14. The van der Waals surface area contributed by atoms with Gasteiger partial charge < -0.3 is 5.32 Å². The third kappa shape index (κ3) is 5.63. The minimum Gasteiger partial charge on any atom is -0.344 e. The number of hydrazone groups is 1. The van der Waals surface area contributed by atoms with Crippen LogP contribution in [0.25, 0.3) is 0 Å². The molecule has 2 N–H and O–H groups in total. The predicted molar refractivity (Wildman–Crippen MR) is 84.0 cm³/mol. The van der Waals surface area contributed by atoms with Gasteiger partial charge in [-0.1, -0.05) is 25.3 Å². The highest BCUT2D eigenvalue weighted by Gasteiger charge is 2.13. The SMILES string of the molecule is O=C(NCc1cccnc1)C(=O)NN=C1CCCCCCC1. The Kier molecular flexibility index (Phi) is 6.54. The summed E-state index contributed by atoms with van der Waals surface area (Å²) in [6.45, 7) is 0.274. The van der Waals surface area contributed by atoms with E-state index in [2.05, 4.69) is 20.8 Å². The van der Waals surface area contributed by atoms with Gasteiger partial charge in [-0.2, -0.15) is 5.10 Å². The van der Waals surface area contributed by atoms with Crippen molar-refractivity contribution >= 4 is 17.5 Å². The maximum absolute atomic E-state index is 11.7. The molecule has 1 fully saturated rings. The molecule has 1 heterocycles. The fraction of sp³-hybridized carbons (Fsp3) is 0.500. The molecule has 1 aromatic rings. The van der Waals surface area contributed by atoms with Crippen molar-refractivity contribution in [3.8, 4) is 0 Å². The van der Waals surface area contributed by atoms with Gasteiger partial charge in [-0.05, 0) is 37.3 Å². The van der Waals surface area contributed by atoms with Crippen LogP contribution in [0.3, 0.4) is 0 Å². The van der Waals surface area contributed by atoms with E-state index >= 15 is 0 Å². The molecule has 0 spiro atoms. The lowest BCUT2D eigenvalue weighted by atomic mass is 9.99. The Morgan fingerprint density at radius 2 is 1.82 bits per heavy atom. The van der Waals surface area contributed by atoms with Crippen LogP contribution in [0.1, 0.15) is 50.5 Å². The van der Waals surface area contributed by atoms with Gasteiger partial charge in [0.1, 0.15) is 0 Å². The maximum atomic E-state index is 11.7. The Balaban J connectivity index is 1.76. The summed E-state index contributed by atoms with van der Waals surface area (Å²) >= 11 is 0. The van der Waals surface area contributed by atoms with Crippen molar-refractivity contribution in [2.45, 2.75) is 51.5 Å². The van der Waals surface area contributed by atoms with Gasteiger partial charge in [-0.3, -0.25) is 14.6 Å². The normalized spacial score (nSPS) is 15.4. The van der Waals surface area contributed by atoms with Crippen LogP contribution in [0.5, 0.6) is 0 Å². The standard InChI is InChI=1S/C16H22N4O2/c21-15(18-12-13-7-6-10-17-11-13)16(22)20-19-14-8-4-2-1-3-5-9-14/h6-7,10-11H,1-5,8-9,12H2,(H,18,21)(H,20,22). The van der Waals surface area contributed by atoms with Crippen molar-refractivity contribution in [1.82, 2.24) is 15.7 Å². The number of aromatic nitrogens is 1. The van der Waals surface area contributed by atoms with E-state index < -0.39 is 11.8 Å². The van der Waals surface area contributed by atoms with E-state index in [1.54, 1.807) is 18.5 Å². The van der Waals surface area contributed by atoms with Crippen molar-refractivity contribution in [3.63, 3.8) is 0 Å². The number of nitrogens with zero attached hydrogens (tertiary/aromatic N) is 2. The molecule has 0 saturated heterocycles. The van der Waals surface area contributed by atoms with Crippen molar-refractivity contribution in [3.05, 3.63) is 30.1 Å². The van der Waals surface area contributed by atoms with Crippen molar-refractivity contribution < 1.29 is 9.59 Å². The molecule has 0 unspecified atom stereocenters. The first kappa shape index (κ1) is 16.1. The van der Waals surface area contributed by atoms with Gasteiger partial charge in [0, 0.05) is 24.7 Å². The van der Waals surface area contributed by atoms with E-state index in [-0.39, 0.29) is 6.54 Å². The van der Waals surface area contributed by atoms with Gasteiger partial charge in [-0.25, -0.2) is 5.43 Å². The number of carbonyl (C=O) groups is 2. The van der Waals surface area contributed by atoms with Gasteiger partial charge in [0.2, 0.25) is 0 Å². The number of pyridine rings is 1. The lowest BCUT2D eigenvalue weighted by molar-refractivity contribution is -0.139. The molecular formula is C16H22N4O2. The predicted octanol–water partition coefficient (Wildman–Crippen LogP) is 1.91. The number of hydrogen-bond donors (Lipinski definition) is 2. The highest BCUT2D eigenvalue weighted by atomic mass is 16.2. The molecule has 0 bridgehead atoms. The molecule has 0 atom stereocenters. The molecule has 1 aliphatic carbocycles. The smallest absolute Gasteiger partial charge is 0.329 e. The van der Waals surface area contributed by atoms with E-state index in [1.807, 2.05) is 6.07 Å². The molecule has 22 heavy (non-hydrogen) atoms. The van der Waals surface area contributed by atoms with Crippen LogP contribution in [-0.2, 0) is 16.1 Å². The molecule has 118 valence electrons. The quantitative estimate of drug-likeness (QED) is 0.661. The van der Waals surface area contributed by atoms with Crippen LogP contribution in [-0.4, -0.2) is 22.5 Å². The molecule has 0 aliphatic heterocycles. The number of amides is 2. The molecule has 6 heteroatoms. The zero-order chi connectivity index (χ0) is 15.6. The summed E-state index contributed by atoms with van der Waals surface area (Å²) in [5, 5.41) is 6.65. The van der Waals surface area contributed by atoms with Crippen molar-refractivity contribution in [2.75, 3.05) is 0 Å². The minimum absolute atomic E-state index is 0.274. The summed E-state index contributed by atoms with van der Waals surface area (Å²) in [6.07, 6.45) is 11.0. The zero-order valence-corrected chi connectivity index (χ0v) is 12.7. The van der Waals surface area contributed by atoms with Crippen molar-refractivity contribution in [2.24, 2.45) is 5.10 Å². The highest BCUT2D eigenvalue weighted by molar-refractivity contribution is 6.35. The fourth-order valence-electron chi connectivity index (χ4n) is 2.37. The molecule has 2 rings (SSSR count). The Morgan fingerprint density at radius 1 is 1.09 bits per heavy atom. The molecule has 6 nitrogen and oxygen atoms in total. The molecule has 0 aromatic carbocycles. The maximum Gasteiger partial charge on any atom is 0.329 e. The van der Waals surface area contributed by atoms with E-state index in [1.165, 1.54) is 19.3 Å². The summed E-state index contributed by atoms with van der Waals surface area (Å²) in [5.74, 6) is -1.41. The second-order valence-corrected chi connectivity index (χ2v) is 5.43. The third-order valence-electron chi connectivity index (χ3n) is 3.63. The van der Waals surface area contributed by atoms with Gasteiger partial charge in [0.15, 0.2) is 0 Å². The van der Waals surface area contributed by atoms with Gasteiger partial charge in [0.05, 0.1) is 0 Å². The van der Waals surface area contributed by atoms with Gasteiger partial charge in [-0.15, -0.1) is 0 Å². The minimum atomic E-state index is -0.724. The van der Waals surface area contributed by atoms with E-state index in [4.69, 9.17) is 0 Å². The summed E-state index contributed by atoms with van der Waals surface area (Å²) in [5.41, 5.74) is 4.18. The van der Waals surface area contributed by atoms with Crippen LogP contribution in [0.4, 0.5) is 0 Å². The van der Waals surface area contributed by atoms with Crippen LogP contribution < -0.4 is 10.7 Å². The summed E-state index contributed by atoms with van der Waals surface area (Å²) in [4.78, 5) is 27.4. The Hall–Kier alpha value is -2.24. The average molecular weight is 302 g/mol. The Morgan fingerprint density at radius 3 is 2.50 bits per heavy atom. The van der Waals surface area contributed by atoms with Crippen LogP contribution in [0.15, 0.2) is 29.6 Å². The van der Waals surface area contributed by atoms with E-state index in [0.717, 1.165) is 37.0 Å². The average Bonchev–Trinajstić information content (AvgIpc) is 2.52. The van der Waals surface area contributed by atoms with E-state index in [9.17, 15) is 9.59 Å². The first-order valence-electron chi connectivity index (χ1n) is 7.78. The monoisotopic (exact) mass is 302 g/mol. The first-order valence-corrected chi connectivity index (χ1v) is 7.78. The Bertz CT molecular complexity index is 518. The second-order valence-electron chi connectivity index (χ2n) is 5.43. The van der Waals surface area contributed by atoms with Crippen LogP contribution in [0.2, 0.25) is 0 Å². The van der Waals surface area contributed by atoms with Gasteiger partial charge >= 0.3 is 11.8 Å². The molecule has 2 amide bonds. The lowest BCUT2D eigenvalue weighted by Gasteiger charge is -2.10. The molecule has 1 saturated carbocycles. The van der Waals surface area contributed by atoms with Crippen LogP contribution >= 0.6 is 0 Å². The first-order chi connectivity index (χ1) is 10.8. The molecular weight excluding hydrogens is 280 g/mol. The largest absolute Gasteiger partial charge is 0.344 e. The Labute approximate surface area is 130 Å². The fourth-order valence-corrected chi connectivity index (χ4v) is 2.37. The topological polar surface area (TPSA) is 83.5 Å². The number of rotatable bonds is 3. The molecule has 1 aliphatic rings. The zero-order valence-electron chi connectivity index (χ0n) is 12.7. The second kappa shape index (κ2) is 8.92. The number of hydrogen-bond acceptors (Lipinski definition) is 4. The number of carbonyl (C=O) groups excluding carboxylic acids is 2. The molecule has 0 radical (unpaired) electrons. The number of nitrogens with one attached hydrogen (secondary N) is 2. The van der Waals surface area contributed by atoms with Crippen LogP contribution in [0, 0.1) is 0 Å².